The molecular weight excluding hydrogens is 487 g/mol. The maximum Gasteiger partial charge on any atom is 0.255 e. The number of halogens is 3. The molecule has 2 aromatic heterocycles. The average Bonchev–Trinajstić information content (AvgIpc) is 3.43. The Balaban J connectivity index is 1.55. The quantitative estimate of drug-likeness (QED) is 0.434. The minimum absolute atomic E-state index is 0.00201. The number of ketones is 1. The molecule has 35 heavy (non-hydrogen) atoms. The van der Waals surface area contributed by atoms with Crippen LogP contribution in [0.25, 0.3) is 0 Å². The molecule has 186 valence electrons. The molecule has 0 spiro atoms. The number of primary amides is 1. The lowest BCUT2D eigenvalue weighted by Crippen LogP contribution is -2.39. The van der Waals surface area contributed by atoms with Crippen LogP contribution in [0.2, 0.25) is 0 Å². The minimum atomic E-state index is -2.69. The van der Waals surface area contributed by atoms with Crippen LogP contribution in [0.3, 0.4) is 0 Å². The Morgan fingerprint density at radius 2 is 1.91 bits per heavy atom. The molecule has 9 nitrogen and oxygen atoms in total. The smallest absolute Gasteiger partial charge is 0.255 e. The number of nitrogens with zero attached hydrogens (tertiary/aromatic N) is 3. The van der Waals surface area contributed by atoms with E-state index in [1.807, 2.05) is 0 Å². The molecule has 1 saturated carbocycles. The topological polar surface area (TPSA) is 138 Å². The van der Waals surface area contributed by atoms with Crippen molar-refractivity contribution in [2.45, 2.75) is 50.7 Å². The van der Waals surface area contributed by atoms with Crippen molar-refractivity contribution in [1.29, 1.82) is 0 Å². The van der Waals surface area contributed by atoms with Gasteiger partial charge in [-0.05, 0) is 49.2 Å². The van der Waals surface area contributed by atoms with Gasteiger partial charge in [0.1, 0.15) is 28.7 Å². The molecule has 1 fully saturated rings. The first kappa shape index (κ1) is 24.5. The van der Waals surface area contributed by atoms with E-state index in [1.165, 1.54) is 42.2 Å². The SMILES string of the molecule is CC(C(N)=O)N(c1ccc(F)cc1)c1nc(N)c(C(=O)c2cc(OC3CCC(F)(F)CC3)no2)s1. The number of ether oxygens (including phenoxy) is 1. The number of hydrogen-bond acceptors (Lipinski definition) is 9. The Hall–Kier alpha value is -3.61. The third-order valence-corrected chi connectivity index (χ3v) is 6.69. The van der Waals surface area contributed by atoms with Gasteiger partial charge in [-0.3, -0.25) is 9.59 Å². The molecule has 0 aliphatic heterocycles. The summed E-state index contributed by atoms with van der Waals surface area (Å²) < 4.78 is 50.8. The van der Waals surface area contributed by atoms with E-state index in [4.69, 9.17) is 20.7 Å². The Morgan fingerprint density at radius 3 is 2.54 bits per heavy atom. The van der Waals surface area contributed by atoms with Crippen LogP contribution in [0.4, 0.5) is 29.8 Å². The molecule has 1 aliphatic rings. The van der Waals surface area contributed by atoms with Crippen LogP contribution in [-0.4, -0.2) is 39.9 Å². The summed E-state index contributed by atoms with van der Waals surface area (Å²) in [5.74, 6) is -4.77. The van der Waals surface area contributed by atoms with Gasteiger partial charge in [0.2, 0.25) is 23.4 Å². The summed E-state index contributed by atoms with van der Waals surface area (Å²) in [6.07, 6.45) is -0.704. The molecule has 1 atom stereocenters. The van der Waals surface area contributed by atoms with Crippen molar-refractivity contribution in [3.8, 4) is 5.88 Å². The van der Waals surface area contributed by atoms with Gasteiger partial charge in [-0.15, -0.1) is 0 Å². The van der Waals surface area contributed by atoms with Crippen LogP contribution < -0.4 is 21.1 Å². The second kappa shape index (κ2) is 9.56. The number of carbonyl (C=O) groups is 2. The van der Waals surface area contributed by atoms with Crippen molar-refractivity contribution < 1.29 is 32.0 Å². The van der Waals surface area contributed by atoms with Crippen molar-refractivity contribution in [1.82, 2.24) is 10.1 Å². The molecule has 4 rings (SSSR count). The van der Waals surface area contributed by atoms with Gasteiger partial charge in [0, 0.05) is 18.5 Å². The maximum atomic E-state index is 13.4. The second-order valence-electron chi connectivity index (χ2n) is 8.17. The summed E-state index contributed by atoms with van der Waals surface area (Å²) in [5, 5.41) is 3.89. The third kappa shape index (κ3) is 5.39. The van der Waals surface area contributed by atoms with Crippen molar-refractivity contribution in [3.63, 3.8) is 0 Å². The fourth-order valence-electron chi connectivity index (χ4n) is 3.65. The highest BCUT2D eigenvalue weighted by Gasteiger charge is 2.36. The standard InChI is InChI=1S/C22H22F3N5O4S/c1-11(20(27)32)30(13-4-2-12(23)3-5-13)21-28-19(26)18(35-21)17(31)15-10-16(29-34-15)33-14-6-8-22(24,25)9-7-14/h2-5,10-11,14H,6-9,26H2,1H3,(H2,27,32). The predicted molar refractivity (Wildman–Crippen MR) is 121 cm³/mol. The van der Waals surface area contributed by atoms with E-state index >= 15 is 0 Å². The van der Waals surface area contributed by atoms with Gasteiger partial charge in [-0.2, -0.15) is 0 Å². The van der Waals surface area contributed by atoms with Crippen LogP contribution >= 0.6 is 11.3 Å². The number of carbonyl (C=O) groups excluding carboxylic acids is 2. The summed E-state index contributed by atoms with van der Waals surface area (Å²) in [6.45, 7) is 1.53. The summed E-state index contributed by atoms with van der Waals surface area (Å²) in [7, 11) is 0. The van der Waals surface area contributed by atoms with Gasteiger partial charge in [-0.1, -0.05) is 11.3 Å². The number of benzene rings is 1. The van der Waals surface area contributed by atoms with Gasteiger partial charge in [-0.25, -0.2) is 18.2 Å². The van der Waals surface area contributed by atoms with Gasteiger partial charge >= 0.3 is 0 Å². The molecule has 0 bridgehead atoms. The number of thiazole rings is 1. The first-order valence-electron chi connectivity index (χ1n) is 10.7. The second-order valence-corrected chi connectivity index (χ2v) is 9.14. The Labute approximate surface area is 201 Å². The van der Waals surface area contributed by atoms with Crippen LogP contribution in [-0.2, 0) is 4.79 Å². The highest BCUT2D eigenvalue weighted by Crippen LogP contribution is 2.37. The lowest BCUT2D eigenvalue weighted by atomic mass is 9.94. The minimum Gasteiger partial charge on any atom is -0.472 e. The largest absolute Gasteiger partial charge is 0.472 e. The van der Waals surface area contributed by atoms with Gasteiger partial charge in [0.05, 0.1) is 6.07 Å². The lowest BCUT2D eigenvalue weighted by molar-refractivity contribution is -0.118. The number of rotatable bonds is 8. The number of hydrogen-bond donors (Lipinski definition) is 2. The van der Waals surface area contributed by atoms with E-state index in [1.54, 1.807) is 0 Å². The molecule has 1 aliphatic carbocycles. The zero-order valence-corrected chi connectivity index (χ0v) is 19.4. The monoisotopic (exact) mass is 509 g/mol. The third-order valence-electron chi connectivity index (χ3n) is 5.62. The maximum absolute atomic E-state index is 13.4. The van der Waals surface area contributed by atoms with Crippen LogP contribution in [0.5, 0.6) is 5.88 Å². The molecule has 13 heteroatoms. The van der Waals surface area contributed by atoms with Crippen molar-refractivity contribution in [3.05, 3.63) is 46.8 Å². The summed E-state index contributed by atoms with van der Waals surface area (Å²) in [5.41, 5.74) is 11.9. The van der Waals surface area contributed by atoms with E-state index in [-0.39, 0.29) is 53.2 Å². The van der Waals surface area contributed by atoms with E-state index in [0.29, 0.717) is 5.69 Å². The van der Waals surface area contributed by atoms with Gasteiger partial charge < -0.3 is 25.6 Å². The van der Waals surface area contributed by atoms with E-state index < -0.39 is 35.6 Å². The normalized spacial score (nSPS) is 16.6. The number of nitrogen functional groups attached to an aromatic ring is 1. The molecule has 1 aromatic carbocycles. The predicted octanol–water partition coefficient (Wildman–Crippen LogP) is 4.05. The van der Waals surface area contributed by atoms with Crippen molar-refractivity contribution in [2.24, 2.45) is 5.73 Å². The van der Waals surface area contributed by atoms with Crippen molar-refractivity contribution >= 4 is 39.7 Å². The lowest BCUT2D eigenvalue weighted by Gasteiger charge is -2.27. The zero-order valence-electron chi connectivity index (χ0n) is 18.5. The molecule has 2 heterocycles. The first-order valence-corrected chi connectivity index (χ1v) is 11.5. The molecule has 4 N–H and O–H groups in total. The van der Waals surface area contributed by atoms with Crippen LogP contribution in [0.15, 0.2) is 34.9 Å². The fourth-order valence-corrected chi connectivity index (χ4v) is 4.68. The molecule has 0 radical (unpaired) electrons. The molecular formula is C22H22F3N5O4S. The van der Waals surface area contributed by atoms with Gasteiger partial charge in [0.15, 0.2) is 5.13 Å². The highest BCUT2D eigenvalue weighted by atomic mass is 32.1. The number of anilines is 3. The zero-order chi connectivity index (χ0) is 25.3. The van der Waals surface area contributed by atoms with E-state index in [9.17, 15) is 22.8 Å². The number of amides is 1. The Bertz CT molecular complexity index is 1220. The molecule has 1 unspecified atom stereocenters. The molecule has 1 amide bonds. The number of alkyl halides is 2. The Kier molecular flexibility index (Phi) is 6.70. The summed E-state index contributed by atoms with van der Waals surface area (Å²) in [4.78, 5) is 30.6. The number of aromatic nitrogens is 2. The first-order chi connectivity index (χ1) is 16.5. The van der Waals surface area contributed by atoms with E-state index in [0.717, 1.165) is 11.3 Å². The summed E-state index contributed by atoms with van der Waals surface area (Å²) >= 11 is 0.887. The van der Waals surface area contributed by atoms with E-state index in [2.05, 4.69) is 10.1 Å². The molecule has 0 saturated heterocycles. The molecule has 3 aromatic rings. The highest BCUT2D eigenvalue weighted by molar-refractivity contribution is 7.18. The summed E-state index contributed by atoms with van der Waals surface area (Å²) in [6, 6.07) is 5.68. The average molecular weight is 510 g/mol. The van der Waals surface area contributed by atoms with Crippen LogP contribution in [0.1, 0.15) is 48.0 Å². The van der Waals surface area contributed by atoms with Gasteiger partial charge in [0.25, 0.3) is 5.88 Å². The van der Waals surface area contributed by atoms with Crippen LogP contribution in [0, 0.1) is 5.82 Å². The Morgan fingerprint density at radius 1 is 1.26 bits per heavy atom. The fraction of sp³-hybridized carbons (Fsp3) is 0.364. The number of nitrogens with two attached hydrogens (primary N) is 2. The van der Waals surface area contributed by atoms with Crippen molar-refractivity contribution in [2.75, 3.05) is 10.6 Å².